The Morgan fingerprint density at radius 2 is 2.00 bits per heavy atom. The molecule has 0 bridgehead atoms. The molecule has 0 N–H and O–H groups in total. The molecule has 0 radical (unpaired) electrons. The van der Waals surface area contributed by atoms with Crippen molar-refractivity contribution >= 4 is 22.6 Å². The summed E-state index contributed by atoms with van der Waals surface area (Å²) in [4.78, 5) is 4.68. The largest absolute Gasteiger partial charge is 0.295 e. The SMILES string of the molecule is Cc1cccc2nc(CCCl)n(-c3ccccc3C#N)c12. The van der Waals surface area contributed by atoms with Gasteiger partial charge in [0.1, 0.15) is 11.9 Å². The van der Waals surface area contributed by atoms with Crippen molar-refractivity contribution in [2.75, 3.05) is 5.88 Å². The van der Waals surface area contributed by atoms with Crippen molar-refractivity contribution in [1.29, 1.82) is 5.26 Å². The summed E-state index contributed by atoms with van der Waals surface area (Å²) < 4.78 is 2.06. The van der Waals surface area contributed by atoms with E-state index in [4.69, 9.17) is 11.6 Å². The first kappa shape index (κ1) is 13.7. The number of aromatic nitrogens is 2. The smallest absolute Gasteiger partial charge is 0.115 e. The van der Waals surface area contributed by atoms with E-state index in [0.717, 1.165) is 28.1 Å². The summed E-state index contributed by atoms with van der Waals surface area (Å²) in [5, 5.41) is 9.37. The minimum atomic E-state index is 0.497. The van der Waals surface area contributed by atoms with Gasteiger partial charge < -0.3 is 0 Å². The van der Waals surface area contributed by atoms with Gasteiger partial charge in [0.2, 0.25) is 0 Å². The van der Waals surface area contributed by atoms with Crippen LogP contribution in [-0.2, 0) is 6.42 Å². The third kappa shape index (κ3) is 2.28. The first-order valence-electron chi connectivity index (χ1n) is 6.78. The monoisotopic (exact) mass is 295 g/mol. The molecular weight excluding hydrogens is 282 g/mol. The van der Waals surface area contributed by atoms with E-state index in [1.807, 2.05) is 36.4 Å². The van der Waals surface area contributed by atoms with Gasteiger partial charge in [-0.3, -0.25) is 4.57 Å². The summed E-state index contributed by atoms with van der Waals surface area (Å²) >= 11 is 5.92. The van der Waals surface area contributed by atoms with E-state index >= 15 is 0 Å². The van der Waals surface area contributed by atoms with Crippen LogP contribution in [0, 0.1) is 18.3 Å². The van der Waals surface area contributed by atoms with Gasteiger partial charge >= 0.3 is 0 Å². The zero-order chi connectivity index (χ0) is 14.8. The Kier molecular flexibility index (Phi) is 3.64. The predicted molar refractivity (Wildman–Crippen MR) is 84.9 cm³/mol. The van der Waals surface area contributed by atoms with Crippen molar-refractivity contribution in [3.63, 3.8) is 0 Å². The van der Waals surface area contributed by atoms with Crippen molar-refractivity contribution in [3.05, 3.63) is 59.4 Å². The van der Waals surface area contributed by atoms with Crippen molar-refractivity contribution < 1.29 is 0 Å². The van der Waals surface area contributed by atoms with Crippen LogP contribution >= 0.6 is 11.6 Å². The van der Waals surface area contributed by atoms with Crippen LogP contribution in [-0.4, -0.2) is 15.4 Å². The molecule has 1 heterocycles. The lowest BCUT2D eigenvalue weighted by Crippen LogP contribution is -2.04. The average molecular weight is 296 g/mol. The number of fused-ring (bicyclic) bond motifs is 1. The number of benzene rings is 2. The van der Waals surface area contributed by atoms with Crippen LogP contribution in [0.1, 0.15) is 17.0 Å². The molecule has 0 fully saturated rings. The molecule has 0 aliphatic heterocycles. The van der Waals surface area contributed by atoms with Gasteiger partial charge in [-0.25, -0.2) is 4.98 Å². The minimum Gasteiger partial charge on any atom is -0.295 e. The van der Waals surface area contributed by atoms with E-state index in [-0.39, 0.29) is 0 Å². The molecule has 0 saturated heterocycles. The Morgan fingerprint density at radius 3 is 2.76 bits per heavy atom. The lowest BCUT2D eigenvalue weighted by atomic mass is 10.1. The second-order valence-electron chi connectivity index (χ2n) is 4.87. The molecule has 4 heteroatoms. The summed E-state index contributed by atoms with van der Waals surface area (Å²) in [7, 11) is 0. The van der Waals surface area contributed by atoms with Gasteiger partial charge in [-0.2, -0.15) is 5.26 Å². The highest BCUT2D eigenvalue weighted by Crippen LogP contribution is 2.26. The quantitative estimate of drug-likeness (QED) is 0.686. The zero-order valence-corrected chi connectivity index (χ0v) is 12.4. The van der Waals surface area contributed by atoms with Crippen LogP contribution < -0.4 is 0 Å². The lowest BCUT2D eigenvalue weighted by Gasteiger charge is -2.11. The summed E-state index contributed by atoms with van der Waals surface area (Å²) in [5.41, 5.74) is 4.60. The van der Waals surface area contributed by atoms with Gasteiger partial charge in [0.05, 0.1) is 22.3 Å². The van der Waals surface area contributed by atoms with Crippen LogP contribution in [0.4, 0.5) is 0 Å². The summed E-state index contributed by atoms with van der Waals surface area (Å²) in [5.74, 6) is 1.38. The van der Waals surface area contributed by atoms with E-state index in [2.05, 4.69) is 28.6 Å². The Morgan fingerprint density at radius 1 is 1.19 bits per heavy atom. The standard InChI is InChI=1S/C17H14ClN3/c1-12-5-4-7-14-17(12)21(16(20-14)9-10-18)15-8-3-2-6-13(15)11-19/h2-8H,9-10H2,1H3. The Hall–Kier alpha value is -2.31. The highest BCUT2D eigenvalue weighted by Gasteiger charge is 2.15. The second kappa shape index (κ2) is 5.59. The van der Waals surface area contributed by atoms with Crippen molar-refractivity contribution in [1.82, 2.24) is 9.55 Å². The Balaban J connectivity index is 2.39. The Labute approximate surface area is 128 Å². The maximum atomic E-state index is 9.37. The lowest BCUT2D eigenvalue weighted by molar-refractivity contribution is 0.908. The number of halogens is 1. The molecule has 0 saturated carbocycles. The second-order valence-corrected chi connectivity index (χ2v) is 5.25. The van der Waals surface area contributed by atoms with Crippen LogP contribution in [0.2, 0.25) is 0 Å². The molecule has 1 aromatic heterocycles. The summed E-state index contributed by atoms with van der Waals surface area (Å²) in [6, 6.07) is 15.9. The molecule has 0 aliphatic carbocycles. The van der Waals surface area contributed by atoms with Gasteiger partial charge in [0.25, 0.3) is 0 Å². The van der Waals surface area contributed by atoms with E-state index < -0.39 is 0 Å². The number of hydrogen-bond acceptors (Lipinski definition) is 2. The maximum absolute atomic E-state index is 9.37. The predicted octanol–water partition coefficient (Wildman–Crippen LogP) is 3.99. The van der Waals surface area contributed by atoms with Crippen LogP contribution in [0.25, 0.3) is 16.7 Å². The molecule has 104 valence electrons. The molecule has 21 heavy (non-hydrogen) atoms. The first-order valence-corrected chi connectivity index (χ1v) is 7.32. The van der Waals surface area contributed by atoms with Crippen LogP contribution in [0.5, 0.6) is 0 Å². The average Bonchev–Trinajstić information content (AvgIpc) is 2.87. The molecule has 0 atom stereocenters. The molecule has 3 rings (SSSR count). The van der Waals surface area contributed by atoms with E-state index in [1.165, 1.54) is 0 Å². The fourth-order valence-electron chi connectivity index (χ4n) is 2.62. The number of nitriles is 1. The van der Waals surface area contributed by atoms with Crippen LogP contribution in [0.15, 0.2) is 42.5 Å². The molecular formula is C17H14ClN3. The van der Waals surface area contributed by atoms with Gasteiger partial charge in [0, 0.05) is 12.3 Å². The highest BCUT2D eigenvalue weighted by molar-refractivity contribution is 6.18. The number of para-hydroxylation sites is 2. The van der Waals surface area contributed by atoms with Gasteiger partial charge in [-0.1, -0.05) is 24.3 Å². The normalized spacial score (nSPS) is 10.7. The van der Waals surface area contributed by atoms with E-state index in [9.17, 15) is 5.26 Å². The summed E-state index contributed by atoms with van der Waals surface area (Å²) in [6.45, 7) is 2.06. The molecule has 0 aliphatic rings. The molecule has 3 aromatic rings. The van der Waals surface area contributed by atoms with E-state index in [0.29, 0.717) is 17.9 Å². The fraction of sp³-hybridized carbons (Fsp3) is 0.176. The number of nitrogens with zero attached hydrogens (tertiary/aromatic N) is 3. The van der Waals surface area contributed by atoms with Gasteiger partial charge in [-0.05, 0) is 30.7 Å². The fourth-order valence-corrected chi connectivity index (χ4v) is 2.79. The number of alkyl halides is 1. The number of hydrogen-bond donors (Lipinski definition) is 0. The third-order valence-electron chi connectivity index (χ3n) is 3.53. The molecule has 0 unspecified atom stereocenters. The van der Waals surface area contributed by atoms with Crippen molar-refractivity contribution in [3.8, 4) is 11.8 Å². The van der Waals surface area contributed by atoms with Crippen molar-refractivity contribution in [2.45, 2.75) is 13.3 Å². The number of aryl methyl sites for hydroxylation is 2. The van der Waals surface area contributed by atoms with Crippen LogP contribution in [0.3, 0.4) is 0 Å². The number of imidazole rings is 1. The van der Waals surface area contributed by atoms with Gasteiger partial charge in [-0.15, -0.1) is 11.6 Å². The third-order valence-corrected chi connectivity index (χ3v) is 3.72. The molecule has 2 aromatic carbocycles. The van der Waals surface area contributed by atoms with E-state index in [1.54, 1.807) is 0 Å². The summed E-state index contributed by atoms with van der Waals surface area (Å²) in [6.07, 6.45) is 0.662. The molecule has 0 spiro atoms. The first-order chi connectivity index (χ1) is 10.3. The molecule has 3 nitrogen and oxygen atoms in total. The minimum absolute atomic E-state index is 0.497. The topological polar surface area (TPSA) is 41.6 Å². The number of rotatable bonds is 3. The van der Waals surface area contributed by atoms with Crippen molar-refractivity contribution in [2.24, 2.45) is 0 Å². The Bertz CT molecular complexity index is 843. The highest BCUT2D eigenvalue weighted by atomic mass is 35.5. The molecule has 0 amide bonds. The zero-order valence-electron chi connectivity index (χ0n) is 11.7. The maximum Gasteiger partial charge on any atom is 0.115 e. The van der Waals surface area contributed by atoms with Gasteiger partial charge in [0.15, 0.2) is 0 Å².